The Morgan fingerprint density at radius 1 is 1.13 bits per heavy atom. The molecule has 0 aliphatic carbocycles. The minimum atomic E-state index is -0.289. The Hall–Kier alpha value is -3.02. The summed E-state index contributed by atoms with van der Waals surface area (Å²) in [6.45, 7) is 0. The number of aromatic nitrogens is 3. The maximum absolute atomic E-state index is 13.6. The van der Waals surface area contributed by atoms with Crippen LogP contribution in [0.1, 0.15) is 12.0 Å². The van der Waals surface area contributed by atoms with Crippen LogP contribution in [0.3, 0.4) is 0 Å². The average Bonchev–Trinajstić information content (AvgIpc) is 3.09. The van der Waals surface area contributed by atoms with E-state index in [-0.39, 0.29) is 18.1 Å². The number of carbonyl (C=O) groups is 1. The number of carbonyl (C=O) groups excluding carboxylic acids is 1. The van der Waals surface area contributed by atoms with E-state index in [0.717, 1.165) is 5.69 Å². The van der Waals surface area contributed by atoms with E-state index in [0.29, 0.717) is 17.7 Å². The van der Waals surface area contributed by atoms with E-state index < -0.39 is 0 Å². The van der Waals surface area contributed by atoms with Crippen molar-refractivity contribution in [2.45, 2.75) is 12.8 Å². The van der Waals surface area contributed by atoms with Gasteiger partial charge in [0.05, 0.1) is 11.4 Å². The molecule has 3 aromatic rings. The fraction of sp³-hybridized carbons (Fsp3) is 0.118. The summed E-state index contributed by atoms with van der Waals surface area (Å²) in [5, 5.41) is 6.90. The number of benzene rings is 2. The third-order valence-electron chi connectivity index (χ3n) is 3.42. The minimum absolute atomic E-state index is 0.180. The summed E-state index contributed by atoms with van der Waals surface area (Å²) in [6, 6.07) is 13.8. The first kappa shape index (κ1) is 14.9. The van der Waals surface area contributed by atoms with Crippen LogP contribution in [0.4, 0.5) is 10.1 Å². The Labute approximate surface area is 132 Å². The molecule has 5 nitrogen and oxygen atoms in total. The highest BCUT2D eigenvalue weighted by Crippen LogP contribution is 2.19. The van der Waals surface area contributed by atoms with Gasteiger partial charge in [-0.3, -0.25) is 4.79 Å². The number of para-hydroxylation sites is 2. The molecular formula is C17H15FN4O. The summed E-state index contributed by atoms with van der Waals surface area (Å²) in [7, 11) is 0. The molecule has 0 saturated carbocycles. The van der Waals surface area contributed by atoms with Crippen molar-refractivity contribution >= 4 is 11.6 Å². The number of aryl methyl sites for hydroxylation is 1. The number of nitrogens with one attached hydrogen (secondary N) is 1. The zero-order valence-electron chi connectivity index (χ0n) is 12.3. The molecule has 0 fully saturated rings. The second-order valence-corrected chi connectivity index (χ2v) is 5.00. The van der Waals surface area contributed by atoms with Gasteiger partial charge < -0.3 is 5.32 Å². The SMILES string of the molecule is O=C(CCc1ccccc1F)Nc1ccccc1-n1cncn1. The first-order valence-corrected chi connectivity index (χ1v) is 7.21. The van der Waals surface area contributed by atoms with Gasteiger partial charge in [0.15, 0.2) is 0 Å². The quantitative estimate of drug-likeness (QED) is 0.788. The second kappa shape index (κ2) is 6.83. The lowest BCUT2D eigenvalue weighted by Gasteiger charge is -2.10. The van der Waals surface area contributed by atoms with Crippen LogP contribution in [0.25, 0.3) is 5.69 Å². The van der Waals surface area contributed by atoms with Gasteiger partial charge in [-0.05, 0) is 30.2 Å². The fourth-order valence-electron chi connectivity index (χ4n) is 2.27. The Kier molecular flexibility index (Phi) is 4.42. The van der Waals surface area contributed by atoms with Crippen LogP contribution in [0.15, 0.2) is 61.2 Å². The van der Waals surface area contributed by atoms with Gasteiger partial charge in [0.25, 0.3) is 0 Å². The monoisotopic (exact) mass is 310 g/mol. The van der Waals surface area contributed by atoms with Gasteiger partial charge in [0, 0.05) is 6.42 Å². The molecule has 0 aliphatic heterocycles. The number of rotatable bonds is 5. The molecule has 0 spiro atoms. The maximum Gasteiger partial charge on any atom is 0.224 e. The lowest BCUT2D eigenvalue weighted by Crippen LogP contribution is -2.14. The van der Waals surface area contributed by atoms with Gasteiger partial charge in [-0.25, -0.2) is 14.1 Å². The van der Waals surface area contributed by atoms with Crippen LogP contribution in [0, 0.1) is 5.82 Å². The van der Waals surface area contributed by atoms with Crippen molar-refractivity contribution in [3.05, 3.63) is 72.6 Å². The first-order valence-electron chi connectivity index (χ1n) is 7.21. The number of halogens is 1. The van der Waals surface area contributed by atoms with Gasteiger partial charge in [-0.1, -0.05) is 30.3 Å². The van der Waals surface area contributed by atoms with Crippen molar-refractivity contribution in [3.63, 3.8) is 0 Å². The molecule has 1 aromatic heterocycles. The van der Waals surface area contributed by atoms with Gasteiger partial charge in [-0.15, -0.1) is 0 Å². The number of anilines is 1. The van der Waals surface area contributed by atoms with E-state index in [9.17, 15) is 9.18 Å². The van der Waals surface area contributed by atoms with Crippen LogP contribution in [-0.2, 0) is 11.2 Å². The molecule has 3 rings (SSSR count). The molecule has 23 heavy (non-hydrogen) atoms. The highest BCUT2D eigenvalue weighted by molar-refractivity contribution is 5.92. The molecule has 0 saturated heterocycles. The highest BCUT2D eigenvalue weighted by atomic mass is 19.1. The number of hydrogen-bond donors (Lipinski definition) is 1. The zero-order valence-corrected chi connectivity index (χ0v) is 12.3. The number of nitrogens with zero attached hydrogens (tertiary/aromatic N) is 3. The third kappa shape index (κ3) is 3.60. The van der Waals surface area contributed by atoms with Gasteiger partial charge >= 0.3 is 0 Å². The Bertz CT molecular complexity index is 802. The maximum atomic E-state index is 13.6. The van der Waals surface area contributed by atoms with E-state index >= 15 is 0 Å². The van der Waals surface area contributed by atoms with Crippen LogP contribution < -0.4 is 5.32 Å². The van der Waals surface area contributed by atoms with Crippen LogP contribution in [0.2, 0.25) is 0 Å². The Morgan fingerprint density at radius 2 is 1.91 bits per heavy atom. The molecule has 1 heterocycles. The average molecular weight is 310 g/mol. The molecule has 0 atom stereocenters. The molecule has 6 heteroatoms. The summed E-state index contributed by atoms with van der Waals surface area (Å²) >= 11 is 0. The van der Waals surface area contributed by atoms with Gasteiger partial charge in [0.1, 0.15) is 18.5 Å². The summed E-state index contributed by atoms with van der Waals surface area (Å²) in [5.74, 6) is -0.468. The lowest BCUT2D eigenvalue weighted by atomic mass is 10.1. The van der Waals surface area contributed by atoms with Crippen molar-refractivity contribution in [2.75, 3.05) is 5.32 Å². The molecule has 1 N–H and O–H groups in total. The van der Waals surface area contributed by atoms with Crippen LogP contribution >= 0.6 is 0 Å². The van der Waals surface area contributed by atoms with Crippen molar-refractivity contribution in [3.8, 4) is 5.69 Å². The third-order valence-corrected chi connectivity index (χ3v) is 3.42. The van der Waals surface area contributed by atoms with E-state index in [1.165, 1.54) is 12.4 Å². The zero-order chi connectivity index (χ0) is 16.1. The Balaban J connectivity index is 1.68. The van der Waals surface area contributed by atoms with Crippen LogP contribution in [0.5, 0.6) is 0 Å². The largest absolute Gasteiger partial charge is 0.324 e. The molecular weight excluding hydrogens is 295 g/mol. The normalized spacial score (nSPS) is 10.5. The van der Waals surface area contributed by atoms with Gasteiger partial charge in [0.2, 0.25) is 5.91 Å². The number of hydrogen-bond acceptors (Lipinski definition) is 3. The van der Waals surface area contributed by atoms with E-state index in [2.05, 4.69) is 15.4 Å². The lowest BCUT2D eigenvalue weighted by molar-refractivity contribution is -0.116. The standard InChI is InChI=1S/C17H15FN4O/c18-14-6-2-1-5-13(14)9-10-17(23)21-15-7-3-4-8-16(15)22-12-19-11-20-22/h1-8,11-12H,9-10H2,(H,21,23). The molecule has 116 valence electrons. The first-order chi connectivity index (χ1) is 11.2. The predicted molar refractivity (Wildman–Crippen MR) is 84.7 cm³/mol. The summed E-state index contributed by atoms with van der Waals surface area (Å²) in [4.78, 5) is 16.0. The smallest absolute Gasteiger partial charge is 0.224 e. The number of amides is 1. The van der Waals surface area contributed by atoms with Crippen molar-refractivity contribution < 1.29 is 9.18 Å². The van der Waals surface area contributed by atoms with Crippen molar-refractivity contribution in [1.29, 1.82) is 0 Å². The topological polar surface area (TPSA) is 59.8 Å². The summed E-state index contributed by atoms with van der Waals surface area (Å²) in [5.41, 5.74) is 1.90. The van der Waals surface area contributed by atoms with E-state index in [4.69, 9.17) is 0 Å². The van der Waals surface area contributed by atoms with E-state index in [1.54, 1.807) is 35.3 Å². The molecule has 0 radical (unpaired) electrons. The van der Waals surface area contributed by atoms with E-state index in [1.807, 2.05) is 18.2 Å². The minimum Gasteiger partial charge on any atom is -0.324 e. The van der Waals surface area contributed by atoms with Gasteiger partial charge in [-0.2, -0.15) is 5.10 Å². The molecule has 2 aromatic carbocycles. The fourth-order valence-corrected chi connectivity index (χ4v) is 2.27. The predicted octanol–water partition coefficient (Wildman–Crippen LogP) is 2.98. The van der Waals surface area contributed by atoms with Crippen molar-refractivity contribution in [1.82, 2.24) is 14.8 Å². The van der Waals surface area contributed by atoms with Crippen molar-refractivity contribution in [2.24, 2.45) is 0 Å². The molecule has 0 aliphatic rings. The second-order valence-electron chi connectivity index (χ2n) is 5.00. The van der Waals surface area contributed by atoms with Crippen LogP contribution in [-0.4, -0.2) is 20.7 Å². The summed E-state index contributed by atoms with van der Waals surface area (Å²) in [6.07, 6.45) is 3.54. The Morgan fingerprint density at radius 3 is 2.70 bits per heavy atom. The molecule has 1 amide bonds. The highest BCUT2D eigenvalue weighted by Gasteiger charge is 2.10. The molecule has 0 bridgehead atoms. The molecule has 0 unspecified atom stereocenters. The summed E-state index contributed by atoms with van der Waals surface area (Å²) < 4.78 is 15.1.